The van der Waals surface area contributed by atoms with Gasteiger partial charge in [0.2, 0.25) is 5.91 Å². The molecular weight excluding hydrogens is 371 g/mol. The summed E-state index contributed by atoms with van der Waals surface area (Å²) in [6.45, 7) is 3.98. The number of aromatic nitrogens is 2. The molecule has 1 unspecified atom stereocenters. The summed E-state index contributed by atoms with van der Waals surface area (Å²) >= 11 is 0. The molecule has 1 aromatic heterocycles. The van der Waals surface area contributed by atoms with E-state index in [-0.39, 0.29) is 36.3 Å². The zero-order chi connectivity index (χ0) is 20.4. The Bertz CT molecular complexity index is 1110. The topological polar surface area (TPSA) is 67.2 Å². The summed E-state index contributed by atoms with van der Waals surface area (Å²) in [5, 5.41) is 3.82. The maximum atomic E-state index is 13.7. The predicted molar refractivity (Wildman–Crippen MR) is 109 cm³/mol. The summed E-state index contributed by atoms with van der Waals surface area (Å²) in [6, 6.07) is 11.6. The lowest BCUT2D eigenvalue weighted by Crippen LogP contribution is -2.49. The average Bonchev–Trinajstić information content (AvgIpc) is 2.73. The highest BCUT2D eigenvalue weighted by Gasteiger charge is 2.27. The van der Waals surface area contributed by atoms with Gasteiger partial charge in [-0.1, -0.05) is 24.3 Å². The second-order valence-corrected chi connectivity index (χ2v) is 7.33. The lowest BCUT2D eigenvalue weighted by molar-refractivity contribution is -0.134. The maximum absolute atomic E-state index is 13.7. The molecule has 0 saturated carbocycles. The second-order valence-electron chi connectivity index (χ2n) is 7.33. The van der Waals surface area contributed by atoms with E-state index >= 15 is 0 Å². The summed E-state index contributed by atoms with van der Waals surface area (Å²) in [4.78, 5) is 31.8. The van der Waals surface area contributed by atoms with Crippen molar-refractivity contribution in [2.75, 3.05) is 19.6 Å². The van der Waals surface area contributed by atoms with E-state index < -0.39 is 0 Å². The number of para-hydroxylation sites is 1. The van der Waals surface area contributed by atoms with Crippen molar-refractivity contribution in [3.63, 3.8) is 0 Å². The summed E-state index contributed by atoms with van der Waals surface area (Å²) in [7, 11) is 0. The number of carbonyl (C=O) groups excluding carboxylic acids is 1. The van der Waals surface area contributed by atoms with Crippen molar-refractivity contribution in [3.05, 3.63) is 76.1 Å². The molecule has 4 rings (SSSR count). The van der Waals surface area contributed by atoms with E-state index in [9.17, 15) is 14.0 Å². The van der Waals surface area contributed by atoms with E-state index in [1.54, 1.807) is 17.0 Å². The normalized spacial score (nSPS) is 16.9. The molecule has 1 aliphatic heterocycles. The van der Waals surface area contributed by atoms with Gasteiger partial charge in [0.05, 0.1) is 23.3 Å². The third kappa shape index (κ3) is 3.91. The number of hydrogen-bond acceptors (Lipinski definition) is 4. The quantitative estimate of drug-likeness (QED) is 0.738. The van der Waals surface area contributed by atoms with Gasteiger partial charge in [-0.2, -0.15) is 0 Å². The first-order chi connectivity index (χ1) is 14.0. The molecule has 7 heteroatoms. The monoisotopic (exact) mass is 394 g/mol. The third-order valence-electron chi connectivity index (χ3n) is 5.42. The fourth-order valence-corrected chi connectivity index (χ4v) is 3.87. The fourth-order valence-electron chi connectivity index (χ4n) is 3.87. The maximum Gasteiger partial charge on any atom is 0.261 e. The van der Waals surface area contributed by atoms with Crippen molar-refractivity contribution in [3.8, 4) is 0 Å². The van der Waals surface area contributed by atoms with Crippen molar-refractivity contribution in [2.24, 2.45) is 0 Å². The van der Waals surface area contributed by atoms with Gasteiger partial charge in [-0.3, -0.25) is 14.2 Å². The van der Waals surface area contributed by atoms with Gasteiger partial charge in [-0.25, -0.2) is 9.37 Å². The first-order valence-corrected chi connectivity index (χ1v) is 9.75. The molecule has 0 radical (unpaired) electrons. The van der Waals surface area contributed by atoms with Crippen molar-refractivity contribution < 1.29 is 9.18 Å². The highest BCUT2D eigenvalue weighted by atomic mass is 19.1. The minimum absolute atomic E-state index is 0.0583. The van der Waals surface area contributed by atoms with Crippen LogP contribution in [-0.2, 0) is 11.3 Å². The summed E-state index contributed by atoms with van der Waals surface area (Å²) in [6.07, 6.45) is 1.69. The minimum Gasteiger partial charge on any atom is -0.333 e. The number of amides is 1. The van der Waals surface area contributed by atoms with Crippen molar-refractivity contribution in [2.45, 2.75) is 25.9 Å². The Morgan fingerprint density at radius 2 is 2.10 bits per heavy atom. The van der Waals surface area contributed by atoms with Gasteiger partial charge < -0.3 is 10.2 Å². The van der Waals surface area contributed by atoms with Crippen LogP contribution in [-0.4, -0.2) is 40.0 Å². The van der Waals surface area contributed by atoms with Crippen LogP contribution in [0.25, 0.3) is 10.9 Å². The molecule has 1 N–H and O–H groups in total. The molecule has 0 aliphatic carbocycles. The molecule has 29 heavy (non-hydrogen) atoms. The summed E-state index contributed by atoms with van der Waals surface area (Å²) in [5.41, 5.74) is 2.26. The largest absolute Gasteiger partial charge is 0.333 e. The number of hydrogen-bond donors (Lipinski definition) is 1. The van der Waals surface area contributed by atoms with Crippen LogP contribution in [0.15, 0.2) is 53.6 Å². The predicted octanol–water partition coefficient (Wildman–Crippen LogP) is 2.41. The van der Waals surface area contributed by atoms with E-state index in [2.05, 4.69) is 10.3 Å². The molecule has 0 bridgehead atoms. The van der Waals surface area contributed by atoms with Crippen LogP contribution in [0.3, 0.4) is 0 Å². The standard InChI is InChI=1S/C22H23FN4O2/c1-15-4-2-7-18-21(15)25-14-26(22(18)29)10-8-20(28)27-11-9-24-13-19(27)16-5-3-6-17(23)12-16/h2-7,12,14,19,24H,8-11,13H2,1H3. The Labute approximate surface area is 168 Å². The van der Waals surface area contributed by atoms with Crippen LogP contribution in [0.2, 0.25) is 0 Å². The smallest absolute Gasteiger partial charge is 0.261 e. The fraction of sp³-hybridized carbons (Fsp3) is 0.318. The van der Waals surface area contributed by atoms with E-state index in [0.29, 0.717) is 30.5 Å². The first kappa shape index (κ1) is 19.3. The van der Waals surface area contributed by atoms with Gasteiger partial charge in [-0.15, -0.1) is 0 Å². The zero-order valence-corrected chi connectivity index (χ0v) is 16.3. The number of nitrogens with zero attached hydrogens (tertiary/aromatic N) is 3. The highest BCUT2D eigenvalue weighted by Crippen LogP contribution is 2.23. The number of aryl methyl sites for hydroxylation is 2. The van der Waals surface area contributed by atoms with Crippen molar-refractivity contribution in [1.82, 2.24) is 19.8 Å². The zero-order valence-electron chi connectivity index (χ0n) is 16.3. The SMILES string of the molecule is Cc1cccc2c(=O)n(CCC(=O)N3CCNCC3c3cccc(F)c3)cnc12. The van der Waals surface area contributed by atoms with Gasteiger partial charge >= 0.3 is 0 Å². The van der Waals surface area contributed by atoms with Crippen LogP contribution >= 0.6 is 0 Å². The Hall–Kier alpha value is -3.06. The minimum atomic E-state index is -0.315. The molecule has 1 amide bonds. The van der Waals surface area contributed by atoms with Crippen LogP contribution in [0.4, 0.5) is 4.39 Å². The molecule has 3 aromatic rings. The van der Waals surface area contributed by atoms with Crippen LogP contribution in [0.5, 0.6) is 0 Å². The molecule has 1 atom stereocenters. The second kappa shape index (κ2) is 8.13. The van der Waals surface area contributed by atoms with Gasteiger partial charge in [0.1, 0.15) is 5.82 Å². The highest BCUT2D eigenvalue weighted by molar-refractivity contribution is 5.80. The molecule has 2 heterocycles. The van der Waals surface area contributed by atoms with Gasteiger partial charge in [0, 0.05) is 32.6 Å². The number of rotatable bonds is 4. The number of fused-ring (bicyclic) bond motifs is 1. The van der Waals surface area contributed by atoms with Crippen LogP contribution in [0.1, 0.15) is 23.6 Å². The van der Waals surface area contributed by atoms with Gasteiger partial charge in [0.25, 0.3) is 5.56 Å². The number of carbonyl (C=O) groups is 1. The van der Waals surface area contributed by atoms with E-state index in [1.165, 1.54) is 23.0 Å². The van der Waals surface area contributed by atoms with E-state index in [1.807, 2.05) is 25.1 Å². The molecule has 2 aromatic carbocycles. The van der Waals surface area contributed by atoms with Crippen molar-refractivity contribution in [1.29, 1.82) is 0 Å². The molecule has 1 fully saturated rings. The Morgan fingerprint density at radius 3 is 2.93 bits per heavy atom. The molecular formula is C22H23FN4O2. The molecule has 0 spiro atoms. The summed E-state index contributed by atoms with van der Waals surface area (Å²) < 4.78 is 15.1. The molecule has 150 valence electrons. The van der Waals surface area contributed by atoms with Crippen molar-refractivity contribution >= 4 is 16.8 Å². The molecule has 1 saturated heterocycles. The summed E-state index contributed by atoms with van der Waals surface area (Å²) in [5.74, 6) is -0.374. The number of piperazine rings is 1. The third-order valence-corrected chi connectivity index (χ3v) is 5.42. The Morgan fingerprint density at radius 1 is 1.28 bits per heavy atom. The number of benzene rings is 2. The van der Waals surface area contributed by atoms with Gasteiger partial charge in [0.15, 0.2) is 0 Å². The lowest BCUT2D eigenvalue weighted by atomic mass is 10.0. The van der Waals surface area contributed by atoms with E-state index in [0.717, 1.165) is 11.1 Å². The Balaban J connectivity index is 1.52. The first-order valence-electron chi connectivity index (χ1n) is 9.75. The number of halogens is 1. The van der Waals surface area contributed by atoms with Crippen LogP contribution < -0.4 is 10.9 Å². The van der Waals surface area contributed by atoms with Crippen LogP contribution in [0, 0.1) is 12.7 Å². The molecule has 6 nitrogen and oxygen atoms in total. The Kier molecular flexibility index (Phi) is 5.40. The van der Waals surface area contributed by atoms with E-state index in [4.69, 9.17) is 0 Å². The average molecular weight is 394 g/mol. The number of nitrogens with one attached hydrogen (secondary N) is 1. The lowest BCUT2D eigenvalue weighted by Gasteiger charge is -2.36. The van der Waals surface area contributed by atoms with Gasteiger partial charge in [-0.05, 0) is 36.2 Å². The molecule has 1 aliphatic rings.